The van der Waals surface area contributed by atoms with Gasteiger partial charge in [-0.05, 0) is 39.1 Å². The predicted molar refractivity (Wildman–Crippen MR) is 151 cm³/mol. The van der Waals surface area contributed by atoms with Crippen molar-refractivity contribution in [3.63, 3.8) is 0 Å². The first kappa shape index (κ1) is 21.0. The van der Waals surface area contributed by atoms with Crippen molar-refractivity contribution in [3.8, 4) is 11.1 Å². The van der Waals surface area contributed by atoms with Crippen LogP contribution in [-0.4, -0.2) is 4.98 Å². The van der Waals surface area contributed by atoms with Crippen molar-refractivity contribution in [1.82, 2.24) is 4.98 Å². The molecule has 6 rings (SSSR count). The van der Waals surface area contributed by atoms with E-state index in [1.165, 1.54) is 26.7 Å². The highest BCUT2D eigenvalue weighted by Gasteiger charge is 2.26. The third kappa shape index (κ3) is 3.56. The first-order chi connectivity index (χ1) is 16.7. The average Bonchev–Trinajstić information content (AvgIpc) is 2.92. The van der Waals surface area contributed by atoms with Crippen LogP contribution in [-0.2, 0) is 11.8 Å². The number of para-hydroxylation sites is 1. The fraction of sp³-hybridized carbons (Fsp3) is 0. The molecule has 0 aliphatic carbocycles. The summed E-state index contributed by atoms with van der Waals surface area (Å²) < 4.78 is 0. The van der Waals surface area contributed by atoms with Crippen LogP contribution >= 0.6 is 6.04 Å². The van der Waals surface area contributed by atoms with Gasteiger partial charge in [-0.25, -0.2) is 0 Å². The molecule has 0 aliphatic rings. The van der Waals surface area contributed by atoms with Gasteiger partial charge >= 0.3 is 0 Å². The number of hydrogen-bond donors (Lipinski definition) is 0. The average molecular weight is 472 g/mol. The van der Waals surface area contributed by atoms with Gasteiger partial charge in [-0.3, -0.25) is 4.98 Å². The molecule has 3 heteroatoms. The number of fused-ring (bicyclic) bond motifs is 2. The quantitative estimate of drug-likeness (QED) is 0.262. The standard InChI is InChI=1S/C31H22NPS/c34-33(27-12-2-1-3-13-27,31-16-8-11-24-9-4-6-14-29(24)31)28-19-17-23(18-20-28)26-21-25-10-5-7-15-30(25)32-22-26/h1-22H. The Labute approximate surface area is 204 Å². The fourth-order valence-corrected chi connectivity index (χ4v) is 8.70. The summed E-state index contributed by atoms with van der Waals surface area (Å²) in [4.78, 5) is 4.64. The largest absolute Gasteiger partial charge is 0.256 e. The lowest BCUT2D eigenvalue weighted by Crippen LogP contribution is -2.25. The number of pyridine rings is 1. The van der Waals surface area contributed by atoms with Gasteiger partial charge in [0.25, 0.3) is 0 Å². The number of benzene rings is 5. The lowest BCUT2D eigenvalue weighted by molar-refractivity contribution is 1.41. The van der Waals surface area contributed by atoms with Gasteiger partial charge in [-0.2, -0.15) is 0 Å². The smallest absolute Gasteiger partial charge is 0.0702 e. The first-order valence-corrected chi connectivity index (χ1v) is 14.1. The number of rotatable bonds is 4. The second kappa shape index (κ2) is 8.65. The molecule has 0 saturated carbocycles. The zero-order chi connectivity index (χ0) is 23.0. The van der Waals surface area contributed by atoms with Crippen LogP contribution in [0.15, 0.2) is 134 Å². The summed E-state index contributed by atoms with van der Waals surface area (Å²) >= 11 is 6.65. The lowest BCUT2D eigenvalue weighted by Gasteiger charge is -2.26. The Hall–Kier alpha value is -3.58. The fourth-order valence-electron chi connectivity index (χ4n) is 4.64. The summed E-state index contributed by atoms with van der Waals surface area (Å²) in [6.45, 7) is 0. The minimum Gasteiger partial charge on any atom is -0.256 e. The van der Waals surface area contributed by atoms with E-state index in [0.29, 0.717) is 0 Å². The molecule has 5 aromatic carbocycles. The zero-order valence-electron chi connectivity index (χ0n) is 18.5. The summed E-state index contributed by atoms with van der Waals surface area (Å²) in [5, 5.41) is 7.26. The Bertz CT molecular complexity index is 1670. The Morgan fingerprint density at radius 1 is 0.529 bits per heavy atom. The molecule has 0 amide bonds. The van der Waals surface area contributed by atoms with Crippen LogP contribution in [0.4, 0.5) is 0 Å². The van der Waals surface area contributed by atoms with E-state index in [-0.39, 0.29) is 0 Å². The number of nitrogens with zero attached hydrogens (tertiary/aromatic N) is 1. The third-order valence-corrected chi connectivity index (χ3v) is 11.4. The molecule has 1 unspecified atom stereocenters. The van der Waals surface area contributed by atoms with Gasteiger partial charge in [0.15, 0.2) is 0 Å². The van der Waals surface area contributed by atoms with Gasteiger partial charge in [0.05, 0.1) is 5.52 Å². The van der Waals surface area contributed by atoms with E-state index in [1.807, 2.05) is 18.3 Å². The van der Waals surface area contributed by atoms with E-state index in [1.54, 1.807) is 0 Å². The Morgan fingerprint density at radius 2 is 1.18 bits per heavy atom. The molecular weight excluding hydrogens is 449 g/mol. The van der Waals surface area contributed by atoms with Crippen molar-refractivity contribution in [3.05, 3.63) is 134 Å². The topological polar surface area (TPSA) is 12.9 Å². The monoisotopic (exact) mass is 471 g/mol. The van der Waals surface area contributed by atoms with Crippen molar-refractivity contribution in [2.24, 2.45) is 0 Å². The minimum atomic E-state index is -2.25. The normalized spacial score (nSPS) is 13.1. The van der Waals surface area contributed by atoms with Crippen LogP contribution in [0.5, 0.6) is 0 Å². The molecule has 0 spiro atoms. The summed E-state index contributed by atoms with van der Waals surface area (Å²) in [6.07, 6.45) is 1.95. The van der Waals surface area contributed by atoms with Gasteiger partial charge in [-0.1, -0.05) is 127 Å². The molecule has 0 saturated heterocycles. The Morgan fingerprint density at radius 3 is 2.00 bits per heavy atom. The Balaban J connectivity index is 1.52. The summed E-state index contributed by atoms with van der Waals surface area (Å²) in [6, 6.07) is 42.7. The van der Waals surface area contributed by atoms with Crippen LogP contribution in [0.25, 0.3) is 32.8 Å². The second-order valence-electron chi connectivity index (χ2n) is 8.41. The third-order valence-electron chi connectivity index (χ3n) is 6.38. The highest BCUT2D eigenvalue weighted by atomic mass is 32.4. The summed E-state index contributed by atoms with van der Waals surface area (Å²) in [7, 11) is 0. The van der Waals surface area contributed by atoms with E-state index in [4.69, 9.17) is 11.8 Å². The van der Waals surface area contributed by atoms with Crippen molar-refractivity contribution < 1.29 is 0 Å². The molecule has 1 nitrogen and oxygen atoms in total. The van der Waals surface area contributed by atoms with E-state index in [2.05, 4.69) is 120 Å². The van der Waals surface area contributed by atoms with Gasteiger partial charge in [0.2, 0.25) is 0 Å². The van der Waals surface area contributed by atoms with Gasteiger partial charge < -0.3 is 0 Å². The maximum absolute atomic E-state index is 6.65. The van der Waals surface area contributed by atoms with Crippen LogP contribution in [0.2, 0.25) is 0 Å². The van der Waals surface area contributed by atoms with E-state index in [9.17, 15) is 0 Å². The molecule has 162 valence electrons. The molecule has 0 N–H and O–H groups in total. The zero-order valence-corrected chi connectivity index (χ0v) is 20.2. The molecule has 0 bridgehead atoms. The van der Waals surface area contributed by atoms with Crippen molar-refractivity contribution in [2.75, 3.05) is 0 Å². The van der Waals surface area contributed by atoms with Crippen LogP contribution < -0.4 is 15.9 Å². The molecule has 1 heterocycles. The molecule has 1 atom stereocenters. The van der Waals surface area contributed by atoms with Crippen LogP contribution in [0.1, 0.15) is 0 Å². The molecule has 0 fully saturated rings. The number of aromatic nitrogens is 1. The van der Waals surface area contributed by atoms with E-state index in [0.717, 1.165) is 22.0 Å². The van der Waals surface area contributed by atoms with Gasteiger partial charge in [0, 0.05) is 28.5 Å². The van der Waals surface area contributed by atoms with Crippen molar-refractivity contribution >= 4 is 55.4 Å². The second-order valence-corrected chi connectivity index (χ2v) is 12.8. The molecular formula is C31H22NPS. The van der Waals surface area contributed by atoms with Crippen LogP contribution in [0, 0.1) is 0 Å². The molecule has 1 aromatic heterocycles. The molecule has 34 heavy (non-hydrogen) atoms. The van der Waals surface area contributed by atoms with Crippen LogP contribution in [0.3, 0.4) is 0 Å². The maximum atomic E-state index is 6.65. The molecule has 0 aliphatic heterocycles. The van der Waals surface area contributed by atoms with E-state index < -0.39 is 6.04 Å². The van der Waals surface area contributed by atoms with Gasteiger partial charge in [-0.15, -0.1) is 0 Å². The van der Waals surface area contributed by atoms with E-state index >= 15 is 0 Å². The maximum Gasteiger partial charge on any atom is 0.0702 e. The lowest BCUT2D eigenvalue weighted by atomic mass is 10.1. The van der Waals surface area contributed by atoms with Crippen molar-refractivity contribution in [2.45, 2.75) is 0 Å². The van der Waals surface area contributed by atoms with Crippen molar-refractivity contribution in [1.29, 1.82) is 0 Å². The predicted octanol–water partition coefficient (Wildman–Crippen LogP) is 6.81. The number of hydrogen-bond acceptors (Lipinski definition) is 2. The summed E-state index contributed by atoms with van der Waals surface area (Å²) in [5.41, 5.74) is 3.27. The SMILES string of the molecule is S=P(c1ccccc1)(c1ccc(-c2cnc3ccccc3c2)cc1)c1cccc2ccccc12. The van der Waals surface area contributed by atoms with Gasteiger partial charge in [0.1, 0.15) is 0 Å². The highest BCUT2D eigenvalue weighted by Crippen LogP contribution is 2.45. The molecule has 0 radical (unpaired) electrons. The highest BCUT2D eigenvalue weighted by molar-refractivity contribution is 8.25. The Kier molecular flexibility index (Phi) is 5.34. The first-order valence-electron chi connectivity index (χ1n) is 11.3. The summed E-state index contributed by atoms with van der Waals surface area (Å²) in [5.74, 6) is 0. The minimum absolute atomic E-state index is 1.01. The molecule has 6 aromatic rings.